The molecule has 28 heavy (non-hydrogen) atoms. The molecular formula is C25H28O3. The summed E-state index contributed by atoms with van der Waals surface area (Å²) in [6, 6.07) is 16.2. The number of methoxy groups -OCH3 is 1. The number of rotatable bonds is 4. The van der Waals surface area contributed by atoms with Crippen LogP contribution in [0.2, 0.25) is 0 Å². The number of hydrogen-bond donors (Lipinski definition) is 2. The van der Waals surface area contributed by atoms with Gasteiger partial charge >= 0.3 is 0 Å². The number of ether oxygens (including phenoxy) is 1. The molecule has 0 amide bonds. The third-order valence-corrected chi connectivity index (χ3v) is 5.78. The molecule has 146 valence electrons. The average molecular weight is 376 g/mol. The second kappa shape index (κ2) is 7.23. The molecular weight excluding hydrogens is 348 g/mol. The Balaban J connectivity index is 2.37. The van der Waals surface area contributed by atoms with Crippen LogP contribution >= 0.6 is 0 Å². The van der Waals surface area contributed by atoms with E-state index in [9.17, 15) is 10.2 Å². The number of aryl methyl sites for hydroxylation is 4. The fraction of sp³-hybridized carbons (Fsp3) is 0.280. The molecule has 0 aliphatic rings. The van der Waals surface area contributed by atoms with Crippen LogP contribution in [0.15, 0.2) is 48.5 Å². The first-order valence-electron chi connectivity index (χ1n) is 9.44. The Hall–Kier alpha value is -2.94. The molecule has 2 N–H and O–H groups in total. The van der Waals surface area contributed by atoms with Crippen LogP contribution in [0.1, 0.15) is 45.9 Å². The lowest BCUT2D eigenvalue weighted by atomic mass is 9.69. The highest BCUT2D eigenvalue weighted by Gasteiger charge is 2.33. The maximum atomic E-state index is 10.3. The van der Waals surface area contributed by atoms with Crippen molar-refractivity contribution in [2.24, 2.45) is 0 Å². The van der Waals surface area contributed by atoms with Crippen LogP contribution in [0, 0.1) is 27.7 Å². The minimum atomic E-state index is -0.485. The summed E-state index contributed by atoms with van der Waals surface area (Å²) in [6.07, 6.45) is 0. The van der Waals surface area contributed by atoms with Crippen molar-refractivity contribution in [2.75, 3.05) is 7.11 Å². The number of phenols is 2. The maximum absolute atomic E-state index is 10.3. The fourth-order valence-electron chi connectivity index (χ4n) is 3.92. The maximum Gasteiger partial charge on any atom is 0.121 e. The zero-order valence-electron chi connectivity index (χ0n) is 17.4. The summed E-state index contributed by atoms with van der Waals surface area (Å²) < 4.78 is 5.47. The van der Waals surface area contributed by atoms with E-state index >= 15 is 0 Å². The molecule has 0 saturated carbocycles. The van der Waals surface area contributed by atoms with Gasteiger partial charge in [0, 0.05) is 5.41 Å². The minimum absolute atomic E-state index is 0.329. The SMILES string of the molecule is COc1cccc(C(C)(c2cc(C)c(O)c(C)c2)c2cc(C)c(O)c(C)c2)c1. The summed E-state index contributed by atoms with van der Waals surface area (Å²) in [7, 11) is 1.67. The predicted octanol–water partition coefficient (Wildman–Crippen LogP) is 5.69. The van der Waals surface area contributed by atoms with Gasteiger partial charge < -0.3 is 14.9 Å². The Bertz CT molecular complexity index is 930. The Kier molecular flexibility index (Phi) is 5.12. The molecule has 0 bridgehead atoms. The molecule has 0 saturated heterocycles. The standard InChI is InChI=1S/C25H28O3/c1-15-10-20(11-16(2)23(15)26)25(5,19-8-7-9-22(14-19)28-6)21-12-17(3)24(27)18(4)13-21/h7-14,26-27H,1-6H3. The average Bonchev–Trinajstić information content (AvgIpc) is 2.68. The van der Waals surface area contributed by atoms with Crippen molar-refractivity contribution >= 4 is 0 Å². The normalized spacial score (nSPS) is 11.5. The van der Waals surface area contributed by atoms with Crippen molar-refractivity contribution in [1.29, 1.82) is 0 Å². The number of hydrogen-bond acceptors (Lipinski definition) is 3. The first-order valence-corrected chi connectivity index (χ1v) is 9.44. The summed E-state index contributed by atoms with van der Waals surface area (Å²) in [5.41, 5.74) is 6.14. The van der Waals surface area contributed by atoms with Gasteiger partial charge in [0.05, 0.1) is 7.11 Å². The molecule has 3 nitrogen and oxygen atoms in total. The summed E-state index contributed by atoms with van der Waals surface area (Å²) in [6.45, 7) is 9.87. The largest absolute Gasteiger partial charge is 0.507 e. The lowest BCUT2D eigenvalue weighted by Gasteiger charge is -2.33. The van der Waals surface area contributed by atoms with E-state index in [4.69, 9.17) is 4.74 Å². The quantitative estimate of drug-likeness (QED) is 0.575. The van der Waals surface area contributed by atoms with Crippen LogP contribution in [0.4, 0.5) is 0 Å². The second-order valence-electron chi connectivity index (χ2n) is 7.77. The van der Waals surface area contributed by atoms with Gasteiger partial charge in [0.2, 0.25) is 0 Å². The Morgan fingerprint density at radius 3 is 1.50 bits per heavy atom. The lowest BCUT2D eigenvalue weighted by molar-refractivity contribution is 0.413. The van der Waals surface area contributed by atoms with Crippen molar-refractivity contribution in [3.63, 3.8) is 0 Å². The van der Waals surface area contributed by atoms with Crippen molar-refractivity contribution in [1.82, 2.24) is 0 Å². The Labute approximate surface area is 167 Å². The molecule has 0 aliphatic carbocycles. The van der Waals surface area contributed by atoms with Crippen LogP contribution in [0.3, 0.4) is 0 Å². The van der Waals surface area contributed by atoms with E-state index in [1.54, 1.807) is 7.11 Å². The summed E-state index contributed by atoms with van der Waals surface area (Å²) in [5.74, 6) is 1.45. The lowest BCUT2D eigenvalue weighted by Crippen LogP contribution is -2.26. The molecule has 0 aromatic heterocycles. The van der Waals surface area contributed by atoms with Gasteiger partial charge in [0.15, 0.2) is 0 Å². The summed E-state index contributed by atoms with van der Waals surface area (Å²) in [4.78, 5) is 0. The van der Waals surface area contributed by atoms with Gasteiger partial charge in [-0.25, -0.2) is 0 Å². The van der Waals surface area contributed by atoms with Gasteiger partial charge in [-0.1, -0.05) is 36.4 Å². The van der Waals surface area contributed by atoms with Crippen molar-refractivity contribution in [2.45, 2.75) is 40.0 Å². The minimum Gasteiger partial charge on any atom is -0.507 e. The van der Waals surface area contributed by atoms with E-state index in [2.05, 4.69) is 19.1 Å². The number of benzene rings is 3. The van der Waals surface area contributed by atoms with Crippen molar-refractivity contribution in [3.8, 4) is 17.2 Å². The first kappa shape index (κ1) is 19.8. The molecule has 3 aromatic carbocycles. The van der Waals surface area contributed by atoms with E-state index in [0.29, 0.717) is 11.5 Å². The smallest absolute Gasteiger partial charge is 0.121 e. The Morgan fingerprint density at radius 2 is 1.11 bits per heavy atom. The van der Waals surface area contributed by atoms with E-state index < -0.39 is 5.41 Å². The van der Waals surface area contributed by atoms with Crippen molar-refractivity contribution < 1.29 is 14.9 Å². The predicted molar refractivity (Wildman–Crippen MR) is 114 cm³/mol. The third kappa shape index (κ3) is 3.22. The molecule has 0 atom stereocenters. The highest BCUT2D eigenvalue weighted by atomic mass is 16.5. The number of aromatic hydroxyl groups is 2. The highest BCUT2D eigenvalue weighted by molar-refractivity contribution is 5.57. The van der Waals surface area contributed by atoms with Gasteiger partial charge in [-0.05, 0) is 85.7 Å². The van der Waals surface area contributed by atoms with E-state index in [1.165, 1.54) is 0 Å². The summed E-state index contributed by atoms with van der Waals surface area (Å²) in [5, 5.41) is 20.6. The highest BCUT2D eigenvalue weighted by Crippen LogP contribution is 2.43. The van der Waals surface area contributed by atoms with Crippen LogP contribution < -0.4 is 4.74 Å². The molecule has 0 aliphatic heterocycles. The van der Waals surface area contributed by atoms with E-state index in [0.717, 1.165) is 44.7 Å². The molecule has 0 heterocycles. The van der Waals surface area contributed by atoms with Gasteiger partial charge in [-0.15, -0.1) is 0 Å². The van der Waals surface area contributed by atoms with Crippen LogP contribution in [0.25, 0.3) is 0 Å². The number of phenolic OH excluding ortho intramolecular Hbond substituents is 2. The van der Waals surface area contributed by atoms with E-state index in [-0.39, 0.29) is 0 Å². The topological polar surface area (TPSA) is 49.7 Å². The molecule has 3 aromatic rings. The van der Waals surface area contributed by atoms with Crippen LogP contribution in [-0.2, 0) is 5.41 Å². The second-order valence-corrected chi connectivity index (χ2v) is 7.77. The van der Waals surface area contributed by atoms with E-state index in [1.807, 2.05) is 64.1 Å². The third-order valence-electron chi connectivity index (χ3n) is 5.78. The summed E-state index contributed by atoms with van der Waals surface area (Å²) >= 11 is 0. The van der Waals surface area contributed by atoms with Gasteiger partial charge in [0.25, 0.3) is 0 Å². The zero-order valence-corrected chi connectivity index (χ0v) is 17.4. The first-order chi connectivity index (χ1) is 13.2. The van der Waals surface area contributed by atoms with Gasteiger partial charge in [-0.2, -0.15) is 0 Å². The van der Waals surface area contributed by atoms with Crippen LogP contribution in [-0.4, -0.2) is 17.3 Å². The Morgan fingerprint density at radius 1 is 0.679 bits per heavy atom. The van der Waals surface area contributed by atoms with Crippen molar-refractivity contribution in [3.05, 3.63) is 87.5 Å². The fourth-order valence-corrected chi connectivity index (χ4v) is 3.92. The van der Waals surface area contributed by atoms with Gasteiger partial charge in [0.1, 0.15) is 17.2 Å². The molecule has 3 rings (SSSR count). The molecule has 0 radical (unpaired) electrons. The molecule has 3 heteroatoms. The van der Waals surface area contributed by atoms with Gasteiger partial charge in [-0.3, -0.25) is 0 Å². The monoisotopic (exact) mass is 376 g/mol. The molecule has 0 spiro atoms. The zero-order chi connectivity index (χ0) is 20.6. The molecule has 0 unspecified atom stereocenters. The van der Waals surface area contributed by atoms with Crippen LogP contribution in [0.5, 0.6) is 17.2 Å². The molecule has 0 fully saturated rings.